The monoisotopic (exact) mass is 636 g/mol. The molecule has 2 nitrogen and oxygen atoms in total. The van der Waals surface area contributed by atoms with Gasteiger partial charge in [0.05, 0.1) is 10.2 Å². The highest BCUT2D eigenvalue weighted by Gasteiger charge is 2.16. The van der Waals surface area contributed by atoms with Crippen molar-refractivity contribution < 1.29 is 0 Å². The van der Waals surface area contributed by atoms with Crippen LogP contribution in [-0.4, -0.2) is 4.98 Å². The Morgan fingerprint density at radius 3 is 1.53 bits per heavy atom. The minimum absolute atomic E-state index is 1.06. The highest BCUT2D eigenvalue weighted by atomic mass is 32.1. The summed E-state index contributed by atoms with van der Waals surface area (Å²) in [6, 6.07) is 60.8. The minimum atomic E-state index is 1.06. The Balaban J connectivity index is 1.07. The first-order valence-electron chi connectivity index (χ1n) is 15.7. The number of para-hydroxylation sites is 1. The fraction of sp³-hybridized carbons (Fsp3) is 0. The molecule has 9 rings (SSSR count). The number of anilines is 3. The van der Waals surface area contributed by atoms with Crippen molar-refractivity contribution in [3.05, 3.63) is 170 Å². The zero-order chi connectivity index (χ0) is 31.2. The van der Waals surface area contributed by atoms with Gasteiger partial charge >= 0.3 is 0 Å². The predicted molar refractivity (Wildman–Crippen MR) is 203 cm³/mol. The van der Waals surface area contributed by atoms with Crippen LogP contribution >= 0.6 is 22.7 Å². The molecular formula is C43H28N2S2. The molecule has 0 amide bonds. The number of nitrogens with zero attached hydrogens (tertiary/aromatic N) is 2. The minimum Gasteiger partial charge on any atom is -0.310 e. The van der Waals surface area contributed by atoms with E-state index in [1.807, 2.05) is 11.3 Å². The van der Waals surface area contributed by atoms with E-state index in [4.69, 9.17) is 4.98 Å². The lowest BCUT2D eigenvalue weighted by atomic mass is 10.0. The quantitative estimate of drug-likeness (QED) is 0.181. The summed E-state index contributed by atoms with van der Waals surface area (Å²) in [7, 11) is 0. The Morgan fingerprint density at radius 2 is 0.872 bits per heavy atom. The third-order valence-electron chi connectivity index (χ3n) is 8.71. The van der Waals surface area contributed by atoms with Gasteiger partial charge in [-0.3, -0.25) is 0 Å². The molecule has 4 heteroatoms. The van der Waals surface area contributed by atoms with Crippen molar-refractivity contribution in [2.24, 2.45) is 0 Å². The van der Waals surface area contributed by atoms with E-state index in [0.717, 1.165) is 33.1 Å². The molecule has 0 saturated carbocycles. The van der Waals surface area contributed by atoms with Crippen LogP contribution in [0.2, 0.25) is 0 Å². The van der Waals surface area contributed by atoms with Gasteiger partial charge in [0.1, 0.15) is 5.01 Å². The lowest BCUT2D eigenvalue weighted by molar-refractivity contribution is 1.29. The van der Waals surface area contributed by atoms with E-state index in [0.29, 0.717) is 0 Å². The number of fused-ring (bicyclic) bond motifs is 4. The van der Waals surface area contributed by atoms with Gasteiger partial charge in [0.15, 0.2) is 0 Å². The summed E-state index contributed by atoms with van der Waals surface area (Å²) < 4.78 is 3.75. The lowest BCUT2D eigenvalue weighted by Gasteiger charge is -2.25. The van der Waals surface area contributed by atoms with Crippen LogP contribution in [0.5, 0.6) is 0 Å². The summed E-state index contributed by atoms with van der Waals surface area (Å²) in [5, 5.41) is 3.63. The van der Waals surface area contributed by atoms with Gasteiger partial charge in [0, 0.05) is 42.8 Å². The molecule has 0 fully saturated rings. The second-order valence-corrected chi connectivity index (χ2v) is 13.8. The molecule has 0 N–H and O–H groups in total. The first-order chi connectivity index (χ1) is 23.3. The second kappa shape index (κ2) is 11.7. The van der Waals surface area contributed by atoms with Crippen LogP contribution in [0.1, 0.15) is 0 Å². The summed E-state index contributed by atoms with van der Waals surface area (Å²) in [5.41, 5.74) is 10.5. The Kier molecular flexibility index (Phi) is 6.89. The zero-order valence-corrected chi connectivity index (χ0v) is 27.0. The van der Waals surface area contributed by atoms with Crippen LogP contribution in [0.25, 0.3) is 63.2 Å². The Morgan fingerprint density at radius 1 is 0.362 bits per heavy atom. The molecule has 2 heterocycles. The molecule has 0 aliphatic rings. The standard InChI is InChI=1S/C43H28N2S2/c1-4-10-29(11-5-1)31-16-18-33(19-17-31)43-44-39-28-41-38(27-42(39)47-43)37-25-24-36(26-40(37)46-41)45(34-14-8-3-9-15-34)35-22-20-32(21-23-35)30-12-6-2-7-13-30/h1-28H. The first-order valence-corrected chi connectivity index (χ1v) is 17.3. The van der Waals surface area contributed by atoms with E-state index in [1.54, 1.807) is 11.3 Å². The molecular weight excluding hydrogens is 609 g/mol. The van der Waals surface area contributed by atoms with E-state index >= 15 is 0 Å². The van der Waals surface area contributed by atoms with Gasteiger partial charge in [-0.15, -0.1) is 22.7 Å². The normalized spacial score (nSPS) is 11.4. The Bertz CT molecular complexity index is 2480. The highest BCUT2D eigenvalue weighted by Crippen LogP contribution is 2.43. The van der Waals surface area contributed by atoms with Crippen molar-refractivity contribution in [1.82, 2.24) is 4.98 Å². The molecule has 0 spiro atoms. The molecule has 0 aliphatic carbocycles. The van der Waals surface area contributed by atoms with Crippen LogP contribution in [0.3, 0.4) is 0 Å². The fourth-order valence-electron chi connectivity index (χ4n) is 6.34. The van der Waals surface area contributed by atoms with E-state index < -0.39 is 0 Å². The van der Waals surface area contributed by atoms with Crippen LogP contribution < -0.4 is 4.90 Å². The third-order valence-corrected chi connectivity index (χ3v) is 10.9. The van der Waals surface area contributed by atoms with Crippen molar-refractivity contribution in [3.8, 4) is 32.8 Å². The van der Waals surface area contributed by atoms with Gasteiger partial charge in [0.25, 0.3) is 0 Å². The average Bonchev–Trinajstić information content (AvgIpc) is 3.72. The van der Waals surface area contributed by atoms with E-state index in [2.05, 4.69) is 175 Å². The molecule has 222 valence electrons. The van der Waals surface area contributed by atoms with Crippen molar-refractivity contribution in [1.29, 1.82) is 0 Å². The number of benzene rings is 7. The molecule has 9 aromatic rings. The van der Waals surface area contributed by atoms with Gasteiger partial charge < -0.3 is 4.90 Å². The van der Waals surface area contributed by atoms with Crippen LogP contribution in [-0.2, 0) is 0 Å². The largest absolute Gasteiger partial charge is 0.310 e. The molecule has 0 aliphatic heterocycles. The molecule has 0 atom stereocenters. The van der Waals surface area contributed by atoms with Crippen molar-refractivity contribution in [2.45, 2.75) is 0 Å². The smallest absolute Gasteiger partial charge is 0.124 e. The number of thiophene rings is 1. The van der Waals surface area contributed by atoms with Crippen LogP contribution in [0.4, 0.5) is 17.1 Å². The number of hydrogen-bond donors (Lipinski definition) is 0. The van der Waals surface area contributed by atoms with Gasteiger partial charge in [-0.25, -0.2) is 4.98 Å². The van der Waals surface area contributed by atoms with E-state index in [-0.39, 0.29) is 0 Å². The lowest BCUT2D eigenvalue weighted by Crippen LogP contribution is -2.09. The molecule has 7 aromatic carbocycles. The van der Waals surface area contributed by atoms with E-state index in [1.165, 1.54) is 47.1 Å². The maximum atomic E-state index is 5.08. The van der Waals surface area contributed by atoms with Gasteiger partial charge in [0.2, 0.25) is 0 Å². The average molecular weight is 637 g/mol. The maximum absolute atomic E-state index is 5.08. The molecule has 0 saturated heterocycles. The maximum Gasteiger partial charge on any atom is 0.124 e. The number of rotatable bonds is 6. The predicted octanol–water partition coefficient (Wildman–Crippen LogP) is 13.1. The SMILES string of the molecule is c1ccc(-c2ccc(-c3nc4cc5sc6cc(N(c7ccccc7)c7ccc(-c8ccccc8)cc7)ccc6c5cc4s3)cc2)cc1. The number of hydrogen-bond acceptors (Lipinski definition) is 4. The van der Waals surface area contributed by atoms with Crippen molar-refractivity contribution in [2.75, 3.05) is 4.90 Å². The fourth-order valence-corrected chi connectivity index (χ4v) is 8.49. The number of aromatic nitrogens is 1. The summed E-state index contributed by atoms with van der Waals surface area (Å²) in [5.74, 6) is 0. The summed E-state index contributed by atoms with van der Waals surface area (Å²) in [6.07, 6.45) is 0. The second-order valence-electron chi connectivity index (χ2n) is 11.6. The first kappa shape index (κ1) is 27.7. The summed E-state index contributed by atoms with van der Waals surface area (Å²) >= 11 is 3.61. The van der Waals surface area contributed by atoms with Crippen molar-refractivity contribution >= 4 is 70.1 Å². The summed E-state index contributed by atoms with van der Waals surface area (Å²) in [6.45, 7) is 0. The van der Waals surface area contributed by atoms with Crippen molar-refractivity contribution in [3.63, 3.8) is 0 Å². The number of thiazole rings is 1. The van der Waals surface area contributed by atoms with Gasteiger partial charge in [-0.2, -0.15) is 0 Å². The molecule has 0 bridgehead atoms. The van der Waals surface area contributed by atoms with Crippen LogP contribution in [0.15, 0.2) is 170 Å². The molecule has 0 radical (unpaired) electrons. The highest BCUT2D eigenvalue weighted by molar-refractivity contribution is 7.26. The Hall–Kier alpha value is -5.55. The topological polar surface area (TPSA) is 16.1 Å². The molecule has 0 unspecified atom stereocenters. The summed E-state index contributed by atoms with van der Waals surface area (Å²) in [4.78, 5) is 7.42. The van der Waals surface area contributed by atoms with E-state index in [9.17, 15) is 0 Å². The van der Waals surface area contributed by atoms with Gasteiger partial charge in [-0.05, 0) is 70.8 Å². The Labute approximate surface area is 281 Å². The third kappa shape index (κ3) is 5.18. The van der Waals surface area contributed by atoms with Crippen LogP contribution in [0, 0.1) is 0 Å². The molecule has 2 aromatic heterocycles. The molecule has 47 heavy (non-hydrogen) atoms. The zero-order valence-electron chi connectivity index (χ0n) is 25.4. The van der Waals surface area contributed by atoms with Gasteiger partial charge in [-0.1, -0.05) is 121 Å².